The van der Waals surface area contributed by atoms with Gasteiger partial charge in [-0.15, -0.1) is 0 Å². The summed E-state index contributed by atoms with van der Waals surface area (Å²) in [7, 11) is 0.243. The molecular formula is C6HBrClF3O2S. The zero-order valence-corrected chi connectivity index (χ0v) is 9.35. The van der Waals surface area contributed by atoms with Crippen LogP contribution in [0.15, 0.2) is 15.4 Å². The predicted molar refractivity (Wildman–Crippen MR) is 47.1 cm³/mol. The second-order valence-corrected chi connectivity index (χ2v) is 5.53. The molecule has 8 heteroatoms. The average molecular weight is 309 g/mol. The van der Waals surface area contributed by atoms with Gasteiger partial charge < -0.3 is 0 Å². The zero-order valence-electron chi connectivity index (χ0n) is 6.19. The molecule has 0 unspecified atom stereocenters. The van der Waals surface area contributed by atoms with Crippen molar-refractivity contribution in [3.63, 3.8) is 0 Å². The van der Waals surface area contributed by atoms with E-state index in [1.807, 2.05) is 0 Å². The third kappa shape index (κ3) is 2.04. The summed E-state index contributed by atoms with van der Waals surface area (Å²) in [5.74, 6) is -4.58. The molecule has 78 valence electrons. The van der Waals surface area contributed by atoms with Gasteiger partial charge in [0.15, 0.2) is 11.6 Å². The molecule has 0 saturated carbocycles. The van der Waals surface area contributed by atoms with E-state index in [0.29, 0.717) is 0 Å². The van der Waals surface area contributed by atoms with Crippen molar-refractivity contribution in [1.29, 1.82) is 0 Å². The lowest BCUT2D eigenvalue weighted by atomic mass is 10.3. The van der Waals surface area contributed by atoms with Crippen LogP contribution in [0, 0.1) is 17.5 Å². The fourth-order valence-corrected chi connectivity index (χ4v) is 3.03. The largest absolute Gasteiger partial charge is 0.265 e. The highest BCUT2D eigenvalue weighted by atomic mass is 79.9. The van der Waals surface area contributed by atoms with Gasteiger partial charge in [0.25, 0.3) is 9.05 Å². The van der Waals surface area contributed by atoms with Crippen LogP contribution < -0.4 is 0 Å². The Morgan fingerprint density at radius 3 is 2.14 bits per heavy atom. The summed E-state index contributed by atoms with van der Waals surface area (Å²) in [6, 6.07) is 0.213. The summed E-state index contributed by atoms with van der Waals surface area (Å²) in [6.45, 7) is 0. The summed E-state index contributed by atoms with van der Waals surface area (Å²) < 4.78 is 59.0. The van der Waals surface area contributed by atoms with Crippen molar-refractivity contribution < 1.29 is 21.6 Å². The van der Waals surface area contributed by atoms with E-state index in [4.69, 9.17) is 10.7 Å². The molecule has 1 rings (SSSR count). The van der Waals surface area contributed by atoms with Crippen molar-refractivity contribution >= 4 is 35.7 Å². The lowest BCUT2D eigenvalue weighted by Gasteiger charge is -2.03. The summed E-state index contributed by atoms with van der Waals surface area (Å²) in [5, 5.41) is 0. The lowest BCUT2D eigenvalue weighted by Crippen LogP contribution is -2.02. The third-order valence-electron chi connectivity index (χ3n) is 1.32. The van der Waals surface area contributed by atoms with Crippen molar-refractivity contribution in [1.82, 2.24) is 0 Å². The second-order valence-electron chi connectivity index (χ2n) is 2.24. The smallest absolute Gasteiger partial charge is 0.207 e. The molecule has 0 radical (unpaired) electrons. The van der Waals surface area contributed by atoms with Gasteiger partial charge in [0.2, 0.25) is 0 Å². The van der Waals surface area contributed by atoms with Crippen LogP contribution in [0.5, 0.6) is 0 Å². The van der Waals surface area contributed by atoms with Crippen LogP contribution in [-0.2, 0) is 9.05 Å². The van der Waals surface area contributed by atoms with E-state index in [2.05, 4.69) is 15.9 Å². The highest BCUT2D eigenvalue weighted by Gasteiger charge is 2.26. The van der Waals surface area contributed by atoms with Gasteiger partial charge in [0, 0.05) is 16.7 Å². The molecule has 1 aromatic carbocycles. The quantitative estimate of drug-likeness (QED) is 0.590. The van der Waals surface area contributed by atoms with Crippen LogP contribution >= 0.6 is 26.6 Å². The summed E-state index contributed by atoms with van der Waals surface area (Å²) in [5.41, 5.74) is 0. The normalized spacial score (nSPS) is 11.8. The molecule has 0 heterocycles. The Balaban J connectivity index is 3.74. The predicted octanol–water partition coefficient (Wildman–Crippen LogP) is 2.79. The summed E-state index contributed by atoms with van der Waals surface area (Å²) in [6.07, 6.45) is 0. The van der Waals surface area contributed by atoms with Crippen LogP contribution in [0.4, 0.5) is 13.2 Å². The number of benzene rings is 1. The van der Waals surface area contributed by atoms with E-state index in [9.17, 15) is 21.6 Å². The van der Waals surface area contributed by atoms with E-state index in [1.54, 1.807) is 0 Å². The number of halogens is 5. The Morgan fingerprint density at radius 2 is 1.71 bits per heavy atom. The molecular weight excluding hydrogens is 308 g/mol. The Hall–Kier alpha value is -0.270. The van der Waals surface area contributed by atoms with Gasteiger partial charge in [-0.05, 0) is 15.9 Å². The molecule has 14 heavy (non-hydrogen) atoms. The fraction of sp³-hybridized carbons (Fsp3) is 0. The minimum absolute atomic E-state index is 0.213. The molecule has 1 aromatic rings. The van der Waals surface area contributed by atoms with Crippen LogP contribution in [0.1, 0.15) is 0 Å². The maximum Gasteiger partial charge on any atom is 0.265 e. The van der Waals surface area contributed by atoms with Crippen LogP contribution in [0.3, 0.4) is 0 Å². The molecule has 0 N–H and O–H groups in total. The first-order valence-corrected chi connectivity index (χ1v) is 6.13. The third-order valence-corrected chi connectivity index (χ3v) is 3.69. The van der Waals surface area contributed by atoms with E-state index in [-0.39, 0.29) is 6.07 Å². The Kier molecular flexibility index (Phi) is 3.13. The lowest BCUT2D eigenvalue weighted by molar-refractivity contribution is 0.468. The van der Waals surface area contributed by atoms with Gasteiger partial charge in [-0.3, -0.25) is 0 Å². The minimum Gasteiger partial charge on any atom is -0.207 e. The molecule has 0 aromatic heterocycles. The van der Waals surface area contributed by atoms with Gasteiger partial charge >= 0.3 is 0 Å². The molecule has 0 aliphatic rings. The number of hydrogen-bond acceptors (Lipinski definition) is 2. The summed E-state index contributed by atoms with van der Waals surface area (Å²) in [4.78, 5) is -1.24. The fourth-order valence-electron chi connectivity index (χ4n) is 0.765. The molecule has 0 bridgehead atoms. The Morgan fingerprint density at radius 1 is 1.21 bits per heavy atom. The minimum atomic E-state index is -4.54. The molecule has 0 amide bonds. The maximum absolute atomic E-state index is 12.9. The van der Waals surface area contributed by atoms with Gasteiger partial charge in [-0.2, -0.15) is 0 Å². The van der Waals surface area contributed by atoms with Gasteiger partial charge in [0.05, 0.1) is 4.47 Å². The highest BCUT2D eigenvalue weighted by Crippen LogP contribution is 2.31. The molecule has 0 atom stereocenters. The summed E-state index contributed by atoms with van der Waals surface area (Å²) >= 11 is 2.46. The van der Waals surface area contributed by atoms with Crippen LogP contribution in [-0.4, -0.2) is 8.42 Å². The first-order chi connectivity index (χ1) is 6.25. The molecule has 0 saturated heterocycles. The topological polar surface area (TPSA) is 34.1 Å². The standard InChI is InChI=1S/C6HBrClF3O2S/c7-4-2(9)1-3(10)5(11)6(4)14(8,12)13/h1H. The van der Waals surface area contributed by atoms with Crippen molar-refractivity contribution in [3.05, 3.63) is 28.0 Å². The first-order valence-electron chi connectivity index (χ1n) is 3.03. The SMILES string of the molecule is O=S(=O)(Cl)c1c(F)c(F)cc(F)c1Br. The van der Waals surface area contributed by atoms with E-state index >= 15 is 0 Å². The average Bonchev–Trinajstić information content (AvgIpc) is 1.98. The zero-order chi connectivity index (χ0) is 11.1. The monoisotopic (exact) mass is 308 g/mol. The highest BCUT2D eigenvalue weighted by molar-refractivity contribution is 9.10. The Labute approximate surface area is 90.2 Å². The van der Waals surface area contributed by atoms with Crippen molar-refractivity contribution in [2.45, 2.75) is 4.90 Å². The number of rotatable bonds is 1. The van der Waals surface area contributed by atoms with Gasteiger partial charge in [-0.25, -0.2) is 21.6 Å². The van der Waals surface area contributed by atoms with Gasteiger partial charge in [0.1, 0.15) is 10.7 Å². The van der Waals surface area contributed by atoms with Crippen molar-refractivity contribution in [3.8, 4) is 0 Å². The number of hydrogen-bond donors (Lipinski definition) is 0. The van der Waals surface area contributed by atoms with E-state index in [1.165, 1.54) is 0 Å². The second kappa shape index (κ2) is 3.71. The maximum atomic E-state index is 12.9. The van der Waals surface area contributed by atoms with Gasteiger partial charge in [-0.1, -0.05) is 0 Å². The van der Waals surface area contributed by atoms with Crippen LogP contribution in [0.2, 0.25) is 0 Å². The molecule has 0 fully saturated rings. The molecule has 0 spiro atoms. The van der Waals surface area contributed by atoms with Crippen molar-refractivity contribution in [2.24, 2.45) is 0 Å². The Bertz CT molecular complexity index is 462. The van der Waals surface area contributed by atoms with Crippen molar-refractivity contribution in [2.75, 3.05) is 0 Å². The molecule has 2 nitrogen and oxygen atoms in total. The molecule has 0 aliphatic carbocycles. The first kappa shape index (κ1) is 11.8. The van der Waals surface area contributed by atoms with E-state index in [0.717, 1.165) is 0 Å². The molecule has 0 aliphatic heterocycles. The van der Waals surface area contributed by atoms with Crippen LogP contribution in [0.25, 0.3) is 0 Å². The van der Waals surface area contributed by atoms with E-state index < -0.39 is 35.9 Å².